The molecule has 0 aromatic heterocycles. The number of rotatable bonds is 5. The summed E-state index contributed by atoms with van der Waals surface area (Å²) in [7, 11) is 0. The molecule has 0 amide bonds. The second kappa shape index (κ2) is 5.82. The lowest BCUT2D eigenvalue weighted by molar-refractivity contribution is -0.384. The summed E-state index contributed by atoms with van der Waals surface area (Å²) in [5.74, 6) is 1.33. The van der Waals surface area contributed by atoms with Gasteiger partial charge in [0.25, 0.3) is 5.69 Å². The third-order valence-corrected chi connectivity index (χ3v) is 3.74. The van der Waals surface area contributed by atoms with E-state index in [0.29, 0.717) is 23.5 Å². The monoisotopic (exact) mass is 262 g/mol. The Labute approximate surface area is 112 Å². The summed E-state index contributed by atoms with van der Waals surface area (Å²) in [4.78, 5) is 21.2. The number of anilines is 1. The first-order chi connectivity index (χ1) is 9.10. The number of nitrogens with one attached hydrogen (secondary N) is 1. The molecule has 0 radical (unpaired) electrons. The van der Waals surface area contributed by atoms with Gasteiger partial charge in [0.2, 0.25) is 0 Å². The Morgan fingerprint density at radius 3 is 2.84 bits per heavy atom. The van der Waals surface area contributed by atoms with Crippen molar-refractivity contribution in [2.75, 3.05) is 11.9 Å². The smallest absolute Gasteiger partial charge is 0.293 e. The van der Waals surface area contributed by atoms with Crippen molar-refractivity contribution in [3.05, 3.63) is 33.9 Å². The van der Waals surface area contributed by atoms with Crippen LogP contribution in [0.15, 0.2) is 18.2 Å². The van der Waals surface area contributed by atoms with Gasteiger partial charge >= 0.3 is 0 Å². The average Bonchev–Trinajstić information content (AvgIpc) is 2.82. The Kier molecular flexibility index (Phi) is 4.14. The third-order valence-electron chi connectivity index (χ3n) is 3.74. The van der Waals surface area contributed by atoms with Crippen LogP contribution in [-0.2, 0) is 0 Å². The highest BCUT2D eigenvalue weighted by atomic mass is 16.6. The van der Waals surface area contributed by atoms with E-state index >= 15 is 0 Å². The van der Waals surface area contributed by atoms with Gasteiger partial charge in [-0.1, -0.05) is 13.3 Å². The molecule has 1 aromatic rings. The molecule has 5 nitrogen and oxygen atoms in total. The molecule has 0 saturated heterocycles. The van der Waals surface area contributed by atoms with Gasteiger partial charge in [-0.05, 0) is 36.8 Å². The summed E-state index contributed by atoms with van der Waals surface area (Å²) in [6.07, 6.45) is 4.20. The molecule has 2 rings (SSSR count). The zero-order valence-electron chi connectivity index (χ0n) is 11.0. The van der Waals surface area contributed by atoms with Gasteiger partial charge in [0.1, 0.15) is 12.0 Å². The minimum atomic E-state index is -0.452. The summed E-state index contributed by atoms with van der Waals surface area (Å²) in [6.45, 7) is 2.99. The van der Waals surface area contributed by atoms with Crippen LogP contribution in [0, 0.1) is 22.0 Å². The molecule has 2 atom stereocenters. The van der Waals surface area contributed by atoms with Crippen LogP contribution < -0.4 is 5.32 Å². The van der Waals surface area contributed by atoms with E-state index in [0.717, 1.165) is 12.5 Å². The van der Waals surface area contributed by atoms with Crippen molar-refractivity contribution >= 4 is 17.7 Å². The van der Waals surface area contributed by atoms with Crippen LogP contribution >= 0.6 is 0 Å². The fraction of sp³-hybridized carbons (Fsp3) is 0.500. The van der Waals surface area contributed by atoms with E-state index in [2.05, 4.69) is 12.2 Å². The van der Waals surface area contributed by atoms with Gasteiger partial charge in [-0.25, -0.2) is 0 Å². The van der Waals surface area contributed by atoms with E-state index in [1.165, 1.54) is 25.3 Å². The minimum absolute atomic E-state index is 0.0318. The van der Waals surface area contributed by atoms with Gasteiger partial charge in [-0.3, -0.25) is 14.9 Å². The normalized spacial score (nSPS) is 22.2. The number of carbonyl (C=O) groups is 1. The predicted molar refractivity (Wildman–Crippen MR) is 73.5 cm³/mol. The second-order valence-electron chi connectivity index (χ2n) is 5.32. The maximum Gasteiger partial charge on any atom is 0.293 e. The molecule has 102 valence electrons. The van der Waals surface area contributed by atoms with Gasteiger partial charge < -0.3 is 5.32 Å². The number of nitro groups is 1. The predicted octanol–water partition coefficient (Wildman–Crippen LogP) is 3.26. The minimum Gasteiger partial charge on any atom is -0.379 e. The first-order valence-electron chi connectivity index (χ1n) is 6.57. The first-order valence-corrected chi connectivity index (χ1v) is 6.57. The molecule has 1 fully saturated rings. The van der Waals surface area contributed by atoms with Crippen molar-refractivity contribution in [3.63, 3.8) is 0 Å². The zero-order chi connectivity index (χ0) is 13.8. The van der Waals surface area contributed by atoms with Crippen LogP contribution in [0.3, 0.4) is 0 Å². The summed E-state index contributed by atoms with van der Waals surface area (Å²) in [5, 5.41) is 14.1. The molecular formula is C14H18N2O3. The lowest BCUT2D eigenvalue weighted by Crippen LogP contribution is -2.12. The fourth-order valence-electron chi connectivity index (χ4n) is 2.69. The quantitative estimate of drug-likeness (QED) is 0.502. The van der Waals surface area contributed by atoms with Gasteiger partial charge in [-0.2, -0.15) is 0 Å². The molecule has 2 unspecified atom stereocenters. The van der Waals surface area contributed by atoms with Crippen molar-refractivity contribution in [3.8, 4) is 0 Å². The fourth-order valence-corrected chi connectivity index (χ4v) is 2.69. The van der Waals surface area contributed by atoms with Crippen LogP contribution in [-0.4, -0.2) is 17.8 Å². The Balaban J connectivity index is 2.06. The molecule has 0 heterocycles. The maximum absolute atomic E-state index is 11.0. The van der Waals surface area contributed by atoms with Crippen LogP contribution in [0.1, 0.15) is 36.5 Å². The highest BCUT2D eigenvalue weighted by Gasteiger charge is 2.22. The number of hydrogen-bond acceptors (Lipinski definition) is 4. The Hall–Kier alpha value is -1.91. The van der Waals surface area contributed by atoms with E-state index in [4.69, 9.17) is 0 Å². The van der Waals surface area contributed by atoms with Crippen molar-refractivity contribution in [2.24, 2.45) is 11.8 Å². The number of carbonyl (C=O) groups excluding carboxylic acids is 1. The molecule has 1 saturated carbocycles. The molecule has 1 aliphatic carbocycles. The molecule has 0 spiro atoms. The number of benzene rings is 1. The van der Waals surface area contributed by atoms with Crippen LogP contribution in [0.5, 0.6) is 0 Å². The van der Waals surface area contributed by atoms with Crippen molar-refractivity contribution in [1.82, 2.24) is 0 Å². The van der Waals surface area contributed by atoms with Crippen molar-refractivity contribution < 1.29 is 9.72 Å². The lowest BCUT2D eigenvalue weighted by Gasteiger charge is -2.12. The topological polar surface area (TPSA) is 72.2 Å². The Morgan fingerprint density at radius 2 is 2.26 bits per heavy atom. The van der Waals surface area contributed by atoms with E-state index < -0.39 is 4.92 Å². The SMILES string of the molecule is CC1CCC(CNc2ccc(C=O)cc2[N+](=O)[O-])C1. The third kappa shape index (κ3) is 3.30. The molecular weight excluding hydrogens is 244 g/mol. The zero-order valence-corrected chi connectivity index (χ0v) is 11.0. The van der Waals surface area contributed by atoms with E-state index in [1.54, 1.807) is 12.1 Å². The second-order valence-corrected chi connectivity index (χ2v) is 5.32. The average molecular weight is 262 g/mol. The van der Waals surface area contributed by atoms with Gasteiger partial charge in [0.05, 0.1) is 4.92 Å². The molecule has 1 N–H and O–H groups in total. The number of nitro benzene ring substituents is 1. The molecule has 19 heavy (non-hydrogen) atoms. The van der Waals surface area contributed by atoms with E-state index in [1.807, 2.05) is 0 Å². The molecule has 0 bridgehead atoms. The highest BCUT2D eigenvalue weighted by molar-refractivity contribution is 5.79. The van der Waals surface area contributed by atoms with Crippen molar-refractivity contribution in [1.29, 1.82) is 0 Å². The summed E-state index contributed by atoms with van der Waals surface area (Å²) >= 11 is 0. The summed E-state index contributed by atoms with van der Waals surface area (Å²) in [6, 6.07) is 4.52. The molecule has 0 aliphatic heterocycles. The Bertz CT molecular complexity index is 488. The lowest BCUT2D eigenvalue weighted by atomic mass is 10.1. The maximum atomic E-state index is 11.0. The first kappa shape index (κ1) is 13.5. The molecule has 1 aromatic carbocycles. The number of hydrogen-bond donors (Lipinski definition) is 1. The van der Waals surface area contributed by atoms with Gasteiger partial charge in [-0.15, -0.1) is 0 Å². The summed E-state index contributed by atoms with van der Waals surface area (Å²) in [5.41, 5.74) is 0.789. The van der Waals surface area contributed by atoms with Gasteiger partial charge in [0, 0.05) is 18.2 Å². The van der Waals surface area contributed by atoms with Crippen LogP contribution in [0.4, 0.5) is 11.4 Å². The largest absolute Gasteiger partial charge is 0.379 e. The Morgan fingerprint density at radius 1 is 1.47 bits per heavy atom. The highest BCUT2D eigenvalue weighted by Crippen LogP contribution is 2.31. The summed E-state index contributed by atoms with van der Waals surface area (Å²) < 4.78 is 0. The van der Waals surface area contributed by atoms with Crippen LogP contribution in [0.2, 0.25) is 0 Å². The number of aldehydes is 1. The standard InChI is InChI=1S/C14H18N2O3/c1-10-2-3-11(6-10)8-15-13-5-4-12(9-17)7-14(13)16(18)19/h4-5,7,9-11,15H,2-3,6,8H2,1H3. The molecule has 5 heteroatoms. The number of nitrogens with zero attached hydrogens (tertiary/aromatic N) is 1. The van der Waals surface area contributed by atoms with E-state index in [-0.39, 0.29) is 5.69 Å². The van der Waals surface area contributed by atoms with Crippen LogP contribution in [0.25, 0.3) is 0 Å². The molecule has 1 aliphatic rings. The van der Waals surface area contributed by atoms with Crippen molar-refractivity contribution in [2.45, 2.75) is 26.2 Å². The van der Waals surface area contributed by atoms with E-state index in [9.17, 15) is 14.9 Å². The van der Waals surface area contributed by atoms with Gasteiger partial charge in [0.15, 0.2) is 0 Å².